The fourth-order valence-electron chi connectivity index (χ4n) is 2.66. The summed E-state index contributed by atoms with van der Waals surface area (Å²) in [5.74, 6) is 0.595. The van der Waals surface area contributed by atoms with Gasteiger partial charge in [-0.1, -0.05) is 35.9 Å². The zero-order valence-corrected chi connectivity index (χ0v) is 12.0. The summed E-state index contributed by atoms with van der Waals surface area (Å²) in [4.78, 5) is 2.27. The molecule has 104 valence electrons. The predicted octanol–water partition coefficient (Wildman–Crippen LogP) is 3.57. The lowest BCUT2D eigenvalue weighted by molar-refractivity contribution is 0.269. The average Bonchev–Trinajstić information content (AvgIpc) is 2.84. The number of rotatable bonds is 3. The van der Waals surface area contributed by atoms with Gasteiger partial charge in [-0.3, -0.25) is 4.90 Å². The van der Waals surface area contributed by atoms with Crippen molar-refractivity contribution in [2.75, 3.05) is 7.11 Å². The molecule has 4 heteroatoms. The first kappa shape index (κ1) is 13.3. The number of hydrogen-bond donors (Lipinski definition) is 1. The molecule has 3 rings (SSSR count). The number of hydrogen-bond acceptors (Lipinski definition) is 3. The van der Waals surface area contributed by atoms with E-state index in [1.54, 1.807) is 12.1 Å². The van der Waals surface area contributed by atoms with Crippen LogP contribution in [0.4, 0.5) is 0 Å². The van der Waals surface area contributed by atoms with Crippen molar-refractivity contribution in [3.8, 4) is 11.5 Å². The normalized spacial score (nSPS) is 14.3. The summed E-state index contributed by atoms with van der Waals surface area (Å²) in [5, 5.41) is 10.8. The van der Waals surface area contributed by atoms with E-state index in [4.69, 9.17) is 16.3 Å². The van der Waals surface area contributed by atoms with Gasteiger partial charge in [0.2, 0.25) is 0 Å². The number of fused-ring (bicyclic) bond motifs is 1. The van der Waals surface area contributed by atoms with E-state index in [0.717, 1.165) is 18.7 Å². The zero-order valence-electron chi connectivity index (χ0n) is 11.3. The first-order valence-corrected chi connectivity index (χ1v) is 6.89. The van der Waals surface area contributed by atoms with Gasteiger partial charge < -0.3 is 9.84 Å². The van der Waals surface area contributed by atoms with Crippen LogP contribution in [0.3, 0.4) is 0 Å². The summed E-state index contributed by atoms with van der Waals surface area (Å²) >= 11 is 6.07. The molecule has 20 heavy (non-hydrogen) atoms. The molecule has 1 aliphatic rings. The molecule has 0 atom stereocenters. The third-order valence-electron chi connectivity index (χ3n) is 3.64. The van der Waals surface area contributed by atoms with Crippen LogP contribution in [0.5, 0.6) is 11.5 Å². The second kappa shape index (κ2) is 5.35. The number of ether oxygens (including phenoxy) is 1. The Bertz CT molecular complexity index is 617. The Morgan fingerprint density at radius 1 is 1.20 bits per heavy atom. The van der Waals surface area contributed by atoms with E-state index < -0.39 is 0 Å². The zero-order chi connectivity index (χ0) is 14.1. The van der Waals surface area contributed by atoms with Crippen molar-refractivity contribution in [1.82, 2.24) is 4.90 Å². The van der Waals surface area contributed by atoms with Gasteiger partial charge >= 0.3 is 0 Å². The van der Waals surface area contributed by atoms with Crippen LogP contribution >= 0.6 is 11.6 Å². The molecule has 1 heterocycles. The molecule has 0 aliphatic carbocycles. The molecule has 0 bridgehead atoms. The minimum Gasteiger partial charge on any atom is -0.504 e. The number of methoxy groups -OCH3 is 1. The summed E-state index contributed by atoms with van der Waals surface area (Å²) in [6.45, 7) is 2.44. The molecule has 0 amide bonds. The number of aromatic hydroxyl groups is 1. The van der Waals surface area contributed by atoms with E-state index in [1.807, 2.05) is 0 Å². The maximum Gasteiger partial charge on any atom is 0.162 e. The minimum atomic E-state index is 0.174. The molecule has 1 N–H and O–H groups in total. The average molecular weight is 290 g/mol. The molecule has 0 fully saturated rings. The van der Waals surface area contributed by atoms with Gasteiger partial charge in [0.15, 0.2) is 11.5 Å². The summed E-state index contributed by atoms with van der Waals surface area (Å²) in [6.07, 6.45) is 0. The minimum absolute atomic E-state index is 0.174. The largest absolute Gasteiger partial charge is 0.504 e. The van der Waals surface area contributed by atoms with Crippen LogP contribution < -0.4 is 4.74 Å². The maximum atomic E-state index is 10.2. The van der Waals surface area contributed by atoms with E-state index in [0.29, 0.717) is 17.3 Å². The molecule has 3 nitrogen and oxygen atoms in total. The molecule has 0 unspecified atom stereocenters. The van der Waals surface area contributed by atoms with E-state index in [9.17, 15) is 5.11 Å². The van der Waals surface area contributed by atoms with E-state index in [-0.39, 0.29) is 5.75 Å². The lowest BCUT2D eigenvalue weighted by Gasteiger charge is -2.17. The van der Waals surface area contributed by atoms with Gasteiger partial charge in [0.05, 0.1) is 7.11 Å². The number of nitrogens with zero attached hydrogens (tertiary/aromatic N) is 1. The van der Waals surface area contributed by atoms with Crippen LogP contribution in [-0.2, 0) is 19.6 Å². The molecule has 0 spiro atoms. The third kappa shape index (κ3) is 2.47. The van der Waals surface area contributed by atoms with Crippen LogP contribution in [0.2, 0.25) is 5.02 Å². The van der Waals surface area contributed by atoms with Gasteiger partial charge in [0, 0.05) is 36.3 Å². The highest BCUT2D eigenvalue weighted by Gasteiger charge is 2.20. The number of benzene rings is 2. The maximum absolute atomic E-state index is 10.2. The second-order valence-corrected chi connectivity index (χ2v) is 5.47. The monoisotopic (exact) mass is 289 g/mol. The Kier molecular flexibility index (Phi) is 3.55. The highest BCUT2D eigenvalue weighted by atomic mass is 35.5. The van der Waals surface area contributed by atoms with Gasteiger partial charge in [-0.05, 0) is 17.2 Å². The van der Waals surface area contributed by atoms with E-state index in [2.05, 4.69) is 29.2 Å². The fraction of sp³-hybridized carbons (Fsp3) is 0.250. The smallest absolute Gasteiger partial charge is 0.162 e. The van der Waals surface area contributed by atoms with Gasteiger partial charge in [0.1, 0.15) is 0 Å². The molecule has 2 aromatic rings. The standard InChI is InChI=1S/C16H16ClNO2/c1-20-15-7-14(17)6-13(16(15)19)10-18-8-11-4-2-3-5-12(11)9-18/h2-7,19H,8-10H2,1H3. The van der Waals surface area contributed by atoms with Crippen molar-refractivity contribution >= 4 is 11.6 Å². The Labute approximate surface area is 123 Å². The van der Waals surface area contributed by atoms with E-state index in [1.165, 1.54) is 18.2 Å². The Balaban J connectivity index is 1.82. The predicted molar refractivity (Wildman–Crippen MR) is 79.1 cm³/mol. The molecule has 1 aliphatic heterocycles. The lowest BCUT2D eigenvalue weighted by Crippen LogP contribution is -2.15. The lowest BCUT2D eigenvalue weighted by atomic mass is 10.1. The molecule has 0 saturated carbocycles. The van der Waals surface area contributed by atoms with Crippen molar-refractivity contribution in [2.45, 2.75) is 19.6 Å². The van der Waals surface area contributed by atoms with Crippen LogP contribution in [0.15, 0.2) is 36.4 Å². The molecule has 0 radical (unpaired) electrons. The van der Waals surface area contributed by atoms with Crippen molar-refractivity contribution in [1.29, 1.82) is 0 Å². The third-order valence-corrected chi connectivity index (χ3v) is 3.86. The molecule has 2 aromatic carbocycles. The Hall–Kier alpha value is -1.71. The summed E-state index contributed by atoms with van der Waals surface area (Å²) in [6, 6.07) is 11.8. The highest BCUT2D eigenvalue weighted by Crippen LogP contribution is 2.35. The van der Waals surface area contributed by atoms with Crippen LogP contribution in [0.1, 0.15) is 16.7 Å². The first-order chi connectivity index (χ1) is 9.67. The molecular weight excluding hydrogens is 274 g/mol. The van der Waals surface area contributed by atoms with Crippen LogP contribution in [0.25, 0.3) is 0 Å². The second-order valence-electron chi connectivity index (χ2n) is 5.03. The van der Waals surface area contributed by atoms with Crippen LogP contribution in [0, 0.1) is 0 Å². The molecule has 0 saturated heterocycles. The summed E-state index contributed by atoms with van der Waals surface area (Å²) in [7, 11) is 1.53. The Morgan fingerprint density at radius 2 is 1.85 bits per heavy atom. The fourth-order valence-corrected chi connectivity index (χ4v) is 2.89. The van der Waals surface area contributed by atoms with Crippen LogP contribution in [-0.4, -0.2) is 17.1 Å². The first-order valence-electron chi connectivity index (χ1n) is 6.52. The van der Waals surface area contributed by atoms with Crippen molar-refractivity contribution in [2.24, 2.45) is 0 Å². The van der Waals surface area contributed by atoms with Crippen molar-refractivity contribution in [3.05, 3.63) is 58.1 Å². The molecular formula is C16H16ClNO2. The van der Waals surface area contributed by atoms with Gasteiger partial charge in [-0.2, -0.15) is 0 Å². The number of phenols is 1. The van der Waals surface area contributed by atoms with Gasteiger partial charge in [-0.25, -0.2) is 0 Å². The van der Waals surface area contributed by atoms with Crippen molar-refractivity contribution in [3.63, 3.8) is 0 Å². The molecule has 0 aromatic heterocycles. The quantitative estimate of drug-likeness (QED) is 0.937. The summed E-state index contributed by atoms with van der Waals surface area (Å²) < 4.78 is 5.14. The SMILES string of the molecule is COc1cc(Cl)cc(CN2Cc3ccccc3C2)c1O. The highest BCUT2D eigenvalue weighted by molar-refractivity contribution is 6.30. The van der Waals surface area contributed by atoms with Crippen molar-refractivity contribution < 1.29 is 9.84 Å². The van der Waals surface area contributed by atoms with Gasteiger partial charge in [0.25, 0.3) is 0 Å². The summed E-state index contributed by atoms with van der Waals surface area (Å²) in [5.41, 5.74) is 3.49. The topological polar surface area (TPSA) is 32.7 Å². The van der Waals surface area contributed by atoms with E-state index >= 15 is 0 Å². The number of halogens is 1. The number of phenolic OH excluding ortho intramolecular Hbond substituents is 1. The Morgan fingerprint density at radius 3 is 2.45 bits per heavy atom. The van der Waals surface area contributed by atoms with Gasteiger partial charge in [-0.15, -0.1) is 0 Å².